The third kappa shape index (κ3) is 4.11. The summed E-state index contributed by atoms with van der Waals surface area (Å²) in [5.74, 6) is 2.69. The van der Waals surface area contributed by atoms with E-state index in [4.69, 9.17) is 0 Å². The molecular weight excluding hydrogens is 380 g/mol. The second-order valence-electron chi connectivity index (χ2n) is 11.4. The fraction of sp³-hybridized carbons (Fsp3) is 0.870. The first-order valence-corrected chi connectivity index (χ1v) is 12.6. The SMILES string of the molecule is CSc1nnc(CCCNC(=O)C23CC4CC(C)(CC(C)(C4)C2)C3)n1CC(C)C. The smallest absolute Gasteiger partial charge is 0.226 e. The zero-order chi connectivity index (χ0) is 20.9. The Morgan fingerprint density at radius 3 is 2.45 bits per heavy atom. The molecule has 1 heterocycles. The lowest BCUT2D eigenvalue weighted by atomic mass is 9.40. The van der Waals surface area contributed by atoms with E-state index in [2.05, 4.69) is 54.0 Å². The van der Waals surface area contributed by atoms with Crippen molar-refractivity contribution in [2.45, 2.75) is 90.8 Å². The second-order valence-corrected chi connectivity index (χ2v) is 12.2. The number of aryl methyl sites for hydroxylation is 1. The third-order valence-electron chi connectivity index (χ3n) is 7.49. The van der Waals surface area contributed by atoms with Gasteiger partial charge in [0.15, 0.2) is 5.16 Å². The van der Waals surface area contributed by atoms with Crippen molar-refractivity contribution in [1.29, 1.82) is 0 Å². The molecule has 4 aliphatic carbocycles. The van der Waals surface area contributed by atoms with E-state index in [9.17, 15) is 4.79 Å². The highest BCUT2D eigenvalue weighted by Crippen LogP contribution is 2.69. The lowest BCUT2D eigenvalue weighted by molar-refractivity contribution is -0.170. The van der Waals surface area contributed by atoms with Crippen LogP contribution in [0.1, 0.15) is 78.5 Å². The third-order valence-corrected chi connectivity index (χ3v) is 8.16. The Balaban J connectivity index is 1.34. The minimum atomic E-state index is -0.105. The number of amides is 1. The van der Waals surface area contributed by atoms with Crippen molar-refractivity contribution >= 4 is 17.7 Å². The van der Waals surface area contributed by atoms with Crippen molar-refractivity contribution in [2.75, 3.05) is 12.8 Å². The molecule has 6 heteroatoms. The zero-order valence-corrected chi connectivity index (χ0v) is 19.7. The zero-order valence-electron chi connectivity index (χ0n) is 18.9. The van der Waals surface area contributed by atoms with Crippen LogP contribution in [0, 0.1) is 28.1 Å². The molecule has 0 spiro atoms. The van der Waals surface area contributed by atoms with Gasteiger partial charge < -0.3 is 9.88 Å². The maximum atomic E-state index is 13.3. The van der Waals surface area contributed by atoms with Crippen LogP contribution >= 0.6 is 11.8 Å². The fourth-order valence-electron chi connectivity index (χ4n) is 7.54. The molecule has 4 bridgehead atoms. The minimum absolute atomic E-state index is 0.105. The van der Waals surface area contributed by atoms with Gasteiger partial charge in [-0.25, -0.2) is 0 Å². The molecule has 29 heavy (non-hydrogen) atoms. The van der Waals surface area contributed by atoms with E-state index in [1.807, 2.05) is 0 Å². The number of rotatable bonds is 8. The highest BCUT2D eigenvalue weighted by Gasteiger charge is 2.62. The Morgan fingerprint density at radius 2 is 1.86 bits per heavy atom. The van der Waals surface area contributed by atoms with Gasteiger partial charge in [-0.2, -0.15) is 0 Å². The van der Waals surface area contributed by atoms with Crippen LogP contribution in [0.3, 0.4) is 0 Å². The number of hydrogen-bond acceptors (Lipinski definition) is 4. The molecule has 4 aliphatic rings. The number of nitrogens with zero attached hydrogens (tertiary/aromatic N) is 3. The fourth-order valence-corrected chi connectivity index (χ4v) is 8.06. The van der Waals surface area contributed by atoms with Crippen LogP contribution in [-0.2, 0) is 17.8 Å². The average molecular weight is 419 g/mol. The Labute approximate surface area is 180 Å². The monoisotopic (exact) mass is 418 g/mol. The molecule has 5 rings (SSSR count). The molecule has 1 N–H and O–H groups in total. The van der Waals surface area contributed by atoms with Gasteiger partial charge in [-0.1, -0.05) is 39.5 Å². The lowest BCUT2D eigenvalue weighted by Gasteiger charge is -2.64. The van der Waals surface area contributed by atoms with Crippen LogP contribution in [0.4, 0.5) is 0 Å². The molecule has 1 amide bonds. The van der Waals surface area contributed by atoms with Crippen LogP contribution in [0.15, 0.2) is 5.16 Å². The van der Waals surface area contributed by atoms with Gasteiger partial charge in [0.05, 0.1) is 5.41 Å². The van der Waals surface area contributed by atoms with Gasteiger partial charge in [-0.05, 0) is 73.9 Å². The van der Waals surface area contributed by atoms with E-state index >= 15 is 0 Å². The molecular formula is C23H38N4OS. The number of carbonyl (C=O) groups excluding carboxylic acids is 1. The van der Waals surface area contributed by atoms with Gasteiger partial charge in [0, 0.05) is 19.5 Å². The highest BCUT2D eigenvalue weighted by molar-refractivity contribution is 7.98. The summed E-state index contributed by atoms with van der Waals surface area (Å²) in [6, 6.07) is 0. The number of thioether (sulfide) groups is 1. The maximum absolute atomic E-state index is 13.3. The maximum Gasteiger partial charge on any atom is 0.226 e. The van der Waals surface area contributed by atoms with E-state index in [1.54, 1.807) is 11.8 Å². The molecule has 0 aliphatic heterocycles. The van der Waals surface area contributed by atoms with Crippen molar-refractivity contribution < 1.29 is 4.79 Å². The molecule has 2 atom stereocenters. The van der Waals surface area contributed by atoms with E-state index in [-0.39, 0.29) is 5.41 Å². The Bertz CT molecular complexity index is 755. The van der Waals surface area contributed by atoms with Crippen molar-refractivity contribution in [3.8, 4) is 0 Å². The predicted octanol–water partition coefficient (Wildman–Crippen LogP) is 4.70. The van der Waals surface area contributed by atoms with E-state index in [0.29, 0.717) is 22.7 Å². The van der Waals surface area contributed by atoms with Crippen molar-refractivity contribution in [1.82, 2.24) is 20.1 Å². The minimum Gasteiger partial charge on any atom is -0.356 e. The second kappa shape index (κ2) is 7.58. The molecule has 5 nitrogen and oxygen atoms in total. The average Bonchev–Trinajstić information content (AvgIpc) is 2.96. The Morgan fingerprint density at radius 1 is 1.17 bits per heavy atom. The molecule has 1 aromatic rings. The summed E-state index contributed by atoms with van der Waals surface area (Å²) in [6.07, 6.45) is 11.1. The van der Waals surface area contributed by atoms with E-state index in [1.165, 1.54) is 19.3 Å². The topological polar surface area (TPSA) is 59.8 Å². The largest absolute Gasteiger partial charge is 0.356 e. The summed E-state index contributed by atoms with van der Waals surface area (Å²) in [7, 11) is 0. The molecule has 0 saturated heterocycles. The van der Waals surface area contributed by atoms with Crippen molar-refractivity contribution in [2.24, 2.45) is 28.1 Å². The molecule has 2 unspecified atom stereocenters. The molecule has 0 aromatic carbocycles. The summed E-state index contributed by atoms with van der Waals surface area (Å²) in [5, 5.41) is 13.1. The molecule has 162 valence electrons. The van der Waals surface area contributed by atoms with Gasteiger partial charge in [-0.15, -0.1) is 10.2 Å². The first-order chi connectivity index (χ1) is 13.7. The quantitative estimate of drug-likeness (QED) is 0.491. The van der Waals surface area contributed by atoms with Gasteiger partial charge in [-0.3, -0.25) is 4.79 Å². The van der Waals surface area contributed by atoms with Gasteiger partial charge in [0.2, 0.25) is 5.91 Å². The summed E-state index contributed by atoms with van der Waals surface area (Å²) in [4.78, 5) is 13.3. The Hall–Kier alpha value is -1.04. The summed E-state index contributed by atoms with van der Waals surface area (Å²) >= 11 is 1.65. The highest BCUT2D eigenvalue weighted by atomic mass is 32.2. The number of hydrogen-bond donors (Lipinski definition) is 1. The van der Waals surface area contributed by atoms with Crippen LogP contribution in [0.25, 0.3) is 0 Å². The van der Waals surface area contributed by atoms with Crippen LogP contribution in [0.2, 0.25) is 0 Å². The van der Waals surface area contributed by atoms with E-state index in [0.717, 1.165) is 62.1 Å². The summed E-state index contributed by atoms with van der Waals surface area (Å²) < 4.78 is 2.25. The van der Waals surface area contributed by atoms with Gasteiger partial charge >= 0.3 is 0 Å². The van der Waals surface area contributed by atoms with Crippen LogP contribution in [-0.4, -0.2) is 33.5 Å². The molecule has 4 fully saturated rings. The normalized spacial score (nSPS) is 35.4. The summed E-state index contributed by atoms with van der Waals surface area (Å²) in [6.45, 7) is 11.0. The van der Waals surface area contributed by atoms with Crippen molar-refractivity contribution in [3.63, 3.8) is 0 Å². The van der Waals surface area contributed by atoms with E-state index < -0.39 is 0 Å². The molecule has 4 saturated carbocycles. The number of aromatic nitrogens is 3. The predicted molar refractivity (Wildman–Crippen MR) is 118 cm³/mol. The van der Waals surface area contributed by atoms with Gasteiger partial charge in [0.1, 0.15) is 5.82 Å². The molecule has 1 aromatic heterocycles. The van der Waals surface area contributed by atoms with Crippen LogP contribution < -0.4 is 5.32 Å². The number of carbonyl (C=O) groups is 1. The van der Waals surface area contributed by atoms with Crippen LogP contribution in [0.5, 0.6) is 0 Å². The van der Waals surface area contributed by atoms with Crippen molar-refractivity contribution in [3.05, 3.63) is 5.82 Å². The van der Waals surface area contributed by atoms with Gasteiger partial charge in [0.25, 0.3) is 0 Å². The first kappa shape index (κ1) is 21.2. The number of nitrogens with one attached hydrogen (secondary N) is 1. The lowest BCUT2D eigenvalue weighted by Crippen LogP contribution is -2.59. The molecule has 0 radical (unpaired) electrons. The first-order valence-electron chi connectivity index (χ1n) is 11.4. The standard InChI is InChI=1S/C23H38N4OS/c1-16(2)12-27-18(25-26-20(27)29-5)7-6-8-24-19(28)23-11-17-9-21(3,14-23)13-22(4,10-17)15-23/h16-17H,6-15H2,1-5H3,(H,24,28). The Kier molecular flexibility index (Phi) is 5.54. The summed E-state index contributed by atoms with van der Waals surface area (Å²) in [5.41, 5.74) is 0.659.